The molecule has 160 valence electrons. The molecule has 0 amide bonds. The Morgan fingerprint density at radius 3 is 2.81 bits per heavy atom. The zero-order valence-electron chi connectivity index (χ0n) is 18.1. The molecule has 1 aromatic carbocycles. The number of hydrogen-bond donors (Lipinski definition) is 1. The van der Waals surface area contributed by atoms with Crippen LogP contribution in [-0.4, -0.2) is 47.7 Å². The lowest BCUT2D eigenvalue weighted by Crippen LogP contribution is -2.34. The van der Waals surface area contributed by atoms with Gasteiger partial charge in [-0.2, -0.15) is 5.10 Å². The van der Waals surface area contributed by atoms with Crippen molar-refractivity contribution in [2.75, 3.05) is 13.1 Å². The molecule has 5 aromatic rings. The molecule has 1 fully saturated rings. The first kappa shape index (κ1) is 19.1. The number of nitrogens with one attached hydrogen (secondary N) is 1. The molecule has 32 heavy (non-hydrogen) atoms. The maximum Gasteiger partial charge on any atom is 0.162 e. The number of aromatic nitrogens is 6. The molecule has 1 saturated heterocycles. The first-order valence-corrected chi connectivity index (χ1v) is 11.2. The largest absolute Gasteiger partial charge is 0.361 e. The van der Waals surface area contributed by atoms with Crippen LogP contribution in [0, 0.1) is 6.92 Å². The van der Waals surface area contributed by atoms with Gasteiger partial charge in [0.25, 0.3) is 0 Å². The van der Waals surface area contributed by atoms with Crippen LogP contribution in [0.15, 0.2) is 61.2 Å². The van der Waals surface area contributed by atoms with E-state index in [4.69, 9.17) is 15.1 Å². The minimum absolute atomic E-state index is 0.354. The molecule has 5 heterocycles. The highest BCUT2D eigenvalue weighted by atomic mass is 15.3. The molecular formula is C25H25N7. The lowest BCUT2D eigenvalue weighted by atomic mass is 10.0. The van der Waals surface area contributed by atoms with Crippen molar-refractivity contribution in [1.29, 1.82) is 0 Å². The SMILES string of the molecule is Cc1nc(-c2ccc3[nH]ccc3c2)nc2c1cnn2C1CCN(Cc2cccnc2)CC1. The number of aromatic amines is 1. The lowest BCUT2D eigenvalue weighted by molar-refractivity contribution is 0.175. The van der Waals surface area contributed by atoms with Crippen LogP contribution in [-0.2, 0) is 6.54 Å². The topological polar surface area (TPSA) is 75.5 Å². The van der Waals surface area contributed by atoms with Gasteiger partial charge >= 0.3 is 0 Å². The van der Waals surface area contributed by atoms with Gasteiger partial charge < -0.3 is 4.98 Å². The summed E-state index contributed by atoms with van der Waals surface area (Å²) in [5.41, 5.74) is 5.32. The summed E-state index contributed by atoms with van der Waals surface area (Å²) in [7, 11) is 0. The van der Waals surface area contributed by atoms with E-state index in [1.807, 2.05) is 37.8 Å². The number of aryl methyl sites for hydroxylation is 1. The summed E-state index contributed by atoms with van der Waals surface area (Å²) < 4.78 is 2.13. The molecule has 7 heteroatoms. The monoisotopic (exact) mass is 423 g/mol. The van der Waals surface area contributed by atoms with Crippen LogP contribution in [0.3, 0.4) is 0 Å². The lowest BCUT2D eigenvalue weighted by Gasteiger charge is -2.32. The molecule has 7 nitrogen and oxygen atoms in total. The molecule has 0 atom stereocenters. The highest BCUT2D eigenvalue weighted by molar-refractivity contribution is 5.85. The van der Waals surface area contributed by atoms with E-state index < -0.39 is 0 Å². The van der Waals surface area contributed by atoms with E-state index in [-0.39, 0.29) is 0 Å². The van der Waals surface area contributed by atoms with Crippen LogP contribution >= 0.6 is 0 Å². The van der Waals surface area contributed by atoms with E-state index in [1.54, 1.807) is 0 Å². The molecule has 0 saturated carbocycles. The number of pyridine rings is 1. The fraction of sp³-hybridized carbons (Fsp3) is 0.280. The van der Waals surface area contributed by atoms with Crippen molar-refractivity contribution >= 4 is 21.9 Å². The summed E-state index contributed by atoms with van der Waals surface area (Å²) in [6.45, 7) is 5.09. The third kappa shape index (κ3) is 3.44. The second-order valence-electron chi connectivity index (χ2n) is 8.61. The summed E-state index contributed by atoms with van der Waals surface area (Å²) >= 11 is 0. The van der Waals surface area contributed by atoms with Gasteiger partial charge in [-0.3, -0.25) is 9.88 Å². The second kappa shape index (κ2) is 7.84. The van der Waals surface area contributed by atoms with Gasteiger partial charge in [-0.1, -0.05) is 6.07 Å². The minimum atomic E-state index is 0.354. The number of piperidine rings is 1. The number of nitrogens with zero attached hydrogens (tertiary/aromatic N) is 6. The van der Waals surface area contributed by atoms with Gasteiger partial charge in [0.05, 0.1) is 23.3 Å². The van der Waals surface area contributed by atoms with Gasteiger partial charge in [-0.25, -0.2) is 14.6 Å². The third-order valence-corrected chi connectivity index (χ3v) is 6.49. The Bertz CT molecular complexity index is 1380. The van der Waals surface area contributed by atoms with Crippen molar-refractivity contribution in [3.05, 3.63) is 72.4 Å². The van der Waals surface area contributed by atoms with Crippen molar-refractivity contribution in [1.82, 2.24) is 34.6 Å². The molecule has 0 unspecified atom stereocenters. The average Bonchev–Trinajstić information content (AvgIpc) is 3.47. The van der Waals surface area contributed by atoms with Crippen molar-refractivity contribution < 1.29 is 0 Å². The minimum Gasteiger partial charge on any atom is -0.361 e. The number of rotatable bonds is 4. The van der Waals surface area contributed by atoms with Crippen LogP contribution in [0.2, 0.25) is 0 Å². The van der Waals surface area contributed by atoms with Crippen molar-refractivity contribution in [2.45, 2.75) is 32.4 Å². The average molecular weight is 424 g/mol. The molecule has 0 radical (unpaired) electrons. The zero-order chi connectivity index (χ0) is 21.5. The summed E-state index contributed by atoms with van der Waals surface area (Å²) in [6, 6.07) is 12.9. The fourth-order valence-electron chi connectivity index (χ4n) is 4.73. The molecule has 1 aliphatic rings. The second-order valence-corrected chi connectivity index (χ2v) is 8.61. The number of fused-ring (bicyclic) bond motifs is 2. The Morgan fingerprint density at radius 2 is 1.97 bits per heavy atom. The van der Waals surface area contributed by atoms with Crippen LogP contribution in [0.25, 0.3) is 33.3 Å². The van der Waals surface area contributed by atoms with E-state index in [1.165, 1.54) is 10.9 Å². The molecule has 0 aliphatic carbocycles. The number of likely N-dealkylation sites (tertiary alicyclic amines) is 1. The highest BCUT2D eigenvalue weighted by Gasteiger charge is 2.24. The van der Waals surface area contributed by atoms with Gasteiger partial charge in [0.2, 0.25) is 0 Å². The van der Waals surface area contributed by atoms with E-state index in [0.717, 1.165) is 66.1 Å². The Balaban J connectivity index is 1.27. The normalized spacial score (nSPS) is 15.7. The van der Waals surface area contributed by atoms with Crippen molar-refractivity contribution in [3.8, 4) is 11.4 Å². The number of benzene rings is 1. The van der Waals surface area contributed by atoms with Gasteiger partial charge in [0.15, 0.2) is 11.5 Å². The maximum atomic E-state index is 4.98. The van der Waals surface area contributed by atoms with E-state index in [9.17, 15) is 0 Å². The molecule has 6 rings (SSSR count). The quantitative estimate of drug-likeness (QED) is 0.460. The highest BCUT2D eigenvalue weighted by Crippen LogP contribution is 2.29. The van der Waals surface area contributed by atoms with Crippen LogP contribution in [0.1, 0.15) is 30.1 Å². The fourth-order valence-corrected chi connectivity index (χ4v) is 4.73. The number of hydrogen-bond acceptors (Lipinski definition) is 5. The Kier molecular flexibility index (Phi) is 4.69. The summed E-state index contributed by atoms with van der Waals surface area (Å²) in [5.74, 6) is 0.758. The Morgan fingerprint density at radius 1 is 1.06 bits per heavy atom. The smallest absolute Gasteiger partial charge is 0.162 e. The van der Waals surface area contributed by atoms with Crippen molar-refractivity contribution in [2.24, 2.45) is 0 Å². The Hall–Kier alpha value is -3.58. The Labute approximate surface area is 186 Å². The van der Waals surface area contributed by atoms with Crippen LogP contribution in [0.5, 0.6) is 0 Å². The summed E-state index contributed by atoms with van der Waals surface area (Å²) in [4.78, 5) is 19.7. The van der Waals surface area contributed by atoms with Crippen molar-refractivity contribution in [3.63, 3.8) is 0 Å². The molecule has 4 aromatic heterocycles. The number of H-pyrrole nitrogens is 1. The first-order valence-electron chi connectivity index (χ1n) is 11.2. The maximum absolute atomic E-state index is 4.98. The molecule has 0 spiro atoms. The van der Waals surface area contributed by atoms with E-state index in [0.29, 0.717) is 6.04 Å². The summed E-state index contributed by atoms with van der Waals surface area (Å²) in [5, 5.41) is 6.95. The van der Waals surface area contributed by atoms with Gasteiger partial charge in [0, 0.05) is 54.7 Å². The predicted molar refractivity (Wildman–Crippen MR) is 125 cm³/mol. The zero-order valence-corrected chi connectivity index (χ0v) is 18.1. The molecule has 0 bridgehead atoms. The molecule has 1 aliphatic heterocycles. The van der Waals surface area contributed by atoms with Crippen LogP contribution in [0.4, 0.5) is 0 Å². The molecular weight excluding hydrogens is 398 g/mol. The van der Waals surface area contributed by atoms with Gasteiger partial charge in [0.1, 0.15) is 0 Å². The van der Waals surface area contributed by atoms with E-state index >= 15 is 0 Å². The summed E-state index contributed by atoms with van der Waals surface area (Å²) in [6.07, 6.45) is 9.78. The molecule has 1 N–H and O–H groups in total. The third-order valence-electron chi connectivity index (χ3n) is 6.49. The van der Waals surface area contributed by atoms with Gasteiger partial charge in [-0.15, -0.1) is 0 Å². The van der Waals surface area contributed by atoms with Crippen LogP contribution < -0.4 is 0 Å². The van der Waals surface area contributed by atoms with Gasteiger partial charge in [-0.05, 0) is 55.7 Å². The van der Waals surface area contributed by atoms with E-state index in [2.05, 4.69) is 49.9 Å². The predicted octanol–water partition coefficient (Wildman–Crippen LogP) is 4.52. The standard InChI is InChI=1S/C25H25N7/c1-17-22-15-28-32(21-7-11-31(12-8-21)16-18-3-2-9-26-14-18)25(22)30-24(29-17)20-4-5-23-19(13-20)6-10-27-23/h2-6,9-10,13-15,21,27H,7-8,11-12,16H2,1H3. The first-order chi connectivity index (χ1) is 15.7.